The molecular weight excluding hydrogens is 360 g/mol. The van der Waals surface area contributed by atoms with Gasteiger partial charge in [0.25, 0.3) is 5.91 Å². The molecule has 1 aliphatic heterocycles. The number of hydrogen-bond donors (Lipinski definition) is 2. The summed E-state index contributed by atoms with van der Waals surface area (Å²) in [5, 5.41) is 18.3. The number of rotatable bonds is 4. The topological polar surface area (TPSA) is 119 Å². The Morgan fingerprint density at radius 1 is 1.32 bits per heavy atom. The average molecular weight is 380 g/mol. The van der Waals surface area contributed by atoms with Gasteiger partial charge in [-0.25, -0.2) is 0 Å². The number of nitrogens with zero attached hydrogens (tertiary/aromatic N) is 5. The maximum Gasteiger partial charge on any atom is 0.276 e. The van der Waals surface area contributed by atoms with Crippen LogP contribution in [0, 0.1) is 0 Å². The summed E-state index contributed by atoms with van der Waals surface area (Å²) in [4.78, 5) is 18.6. The highest BCUT2D eigenvalue weighted by Crippen LogP contribution is 2.37. The van der Waals surface area contributed by atoms with Crippen molar-refractivity contribution in [3.8, 4) is 22.6 Å². The van der Waals surface area contributed by atoms with E-state index in [0.29, 0.717) is 31.9 Å². The van der Waals surface area contributed by atoms with E-state index in [-0.39, 0.29) is 24.0 Å². The molecule has 1 aromatic carbocycles. The van der Waals surface area contributed by atoms with Gasteiger partial charge in [0.2, 0.25) is 0 Å². The SMILES string of the molecule is NCCn1cc(C(=O)N2CCOc3c(O)cc(-c4cccnc4)cc3C2)nn1. The minimum Gasteiger partial charge on any atom is -0.504 e. The Morgan fingerprint density at radius 3 is 3.00 bits per heavy atom. The van der Waals surface area contributed by atoms with Crippen LogP contribution in [0.25, 0.3) is 11.1 Å². The van der Waals surface area contributed by atoms with Gasteiger partial charge in [0.1, 0.15) is 6.61 Å². The van der Waals surface area contributed by atoms with Crippen molar-refractivity contribution in [1.29, 1.82) is 0 Å². The lowest BCUT2D eigenvalue weighted by Crippen LogP contribution is -2.32. The van der Waals surface area contributed by atoms with E-state index in [1.165, 1.54) is 0 Å². The molecule has 9 heteroatoms. The van der Waals surface area contributed by atoms with Gasteiger partial charge in [-0.2, -0.15) is 0 Å². The predicted octanol–water partition coefficient (Wildman–Crippen LogP) is 1.04. The van der Waals surface area contributed by atoms with Crippen LogP contribution in [0.5, 0.6) is 11.5 Å². The fourth-order valence-corrected chi connectivity index (χ4v) is 3.17. The summed E-state index contributed by atoms with van der Waals surface area (Å²) in [6.45, 7) is 1.85. The highest BCUT2D eigenvalue weighted by molar-refractivity contribution is 5.92. The second-order valence-corrected chi connectivity index (χ2v) is 6.46. The molecule has 0 fully saturated rings. The summed E-state index contributed by atoms with van der Waals surface area (Å²) < 4.78 is 7.26. The third-order valence-corrected chi connectivity index (χ3v) is 4.51. The smallest absolute Gasteiger partial charge is 0.276 e. The first-order chi connectivity index (χ1) is 13.7. The Hall–Kier alpha value is -3.46. The van der Waals surface area contributed by atoms with Crippen LogP contribution in [0.3, 0.4) is 0 Å². The molecule has 2 aromatic heterocycles. The molecule has 0 unspecified atom stereocenters. The third kappa shape index (κ3) is 3.52. The van der Waals surface area contributed by atoms with Gasteiger partial charge in [0.05, 0.1) is 19.3 Å². The zero-order valence-corrected chi connectivity index (χ0v) is 15.2. The summed E-state index contributed by atoms with van der Waals surface area (Å²) in [7, 11) is 0. The number of pyridine rings is 1. The van der Waals surface area contributed by atoms with Crippen molar-refractivity contribution in [2.75, 3.05) is 19.7 Å². The van der Waals surface area contributed by atoms with Crippen molar-refractivity contribution >= 4 is 5.91 Å². The molecule has 0 bridgehead atoms. The Kier molecular flexibility index (Phi) is 4.90. The molecule has 0 aliphatic carbocycles. The van der Waals surface area contributed by atoms with Crippen molar-refractivity contribution in [2.24, 2.45) is 5.73 Å². The zero-order chi connectivity index (χ0) is 19.5. The number of carbonyl (C=O) groups excluding carboxylic acids is 1. The second-order valence-electron chi connectivity index (χ2n) is 6.46. The molecule has 28 heavy (non-hydrogen) atoms. The number of phenols is 1. The number of carbonyl (C=O) groups is 1. The number of phenolic OH excluding ortho intramolecular Hbond substituents is 1. The number of hydrogen-bond acceptors (Lipinski definition) is 7. The normalized spacial score (nSPS) is 13.5. The van der Waals surface area contributed by atoms with Crippen LogP contribution in [-0.4, -0.2) is 55.6 Å². The van der Waals surface area contributed by atoms with Crippen molar-refractivity contribution < 1.29 is 14.6 Å². The molecule has 1 amide bonds. The van der Waals surface area contributed by atoms with E-state index in [0.717, 1.165) is 16.7 Å². The maximum atomic E-state index is 12.9. The maximum absolute atomic E-state index is 12.9. The molecule has 4 rings (SSSR count). The molecule has 3 aromatic rings. The fraction of sp³-hybridized carbons (Fsp3) is 0.263. The number of ether oxygens (including phenoxy) is 1. The minimum atomic E-state index is -0.244. The molecule has 0 atom stereocenters. The fourth-order valence-electron chi connectivity index (χ4n) is 3.17. The van der Waals surface area contributed by atoms with E-state index in [4.69, 9.17) is 10.5 Å². The number of aromatic nitrogens is 4. The molecule has 3 N–H and O–H groups in total. The van der Waals surface area contributed by atoms with Crippen molar-refractivity contribution in [2.45, 2.75) is 13.1 Å². The zero-order valence-electron chi connectivity index (χ0n) is 15.2. The molecule has 0 saturated carbocycles. The van der Waals surface area contributed by atoms with Crippen LogP contribution in [-0.2, 0) is 13.1 Å². The first-order valence-electron chi connectivity index (χ1n) is 8.94. The van der Waals surface area contributed by atoms with E-state index in [1.54, 1.807) is 34.2 Å². The first-order valence-corrected chi connectivity index (χ1v) is 8.94. The standard InChI is InChI=1S/C19H20N6O3/c20-3-5-25-12-16(22-23-25)19(27)24-6-7-28-18-15(11-24)8-14(9-17(18)26)13-2-1-4-21-10-13/h1-2,4,8-10,12,26H,3,5-7,11,20H2. The lowest BCUT2D eigenvalue weighted by atomic mass is 10.0. The summed E-state index contributed by atoms with van der Waals surface area (Å²) in [5.41, 5.74) is 8.16. The van der Waals surface area contributed by atoms with Gasteiger partial charge < -0.3 is 20.5 Å². The van der Waals surface area contributed by atoms with E-state index < -0.39 is 0 Å². The van der Waals surface area contributed by atoms with E-state index in [2.05, 4.69) is 15.3 Å². The predicted molar refractivity (Wildman–Crippen MR) is 101 cm³/mol. The highest BCUT2D eigenvalue weighted by atomic mass is 16.5. The van der Waals surface area contributed by atoms with Crippen molar-refractivity contribution in [3.05, 3.63) is 54.1 Å². The number of aromatic hydroxyl groups is 1. The van der Waals surface area contributed by atoms with Crippen LogP contribution in [0.1, 0.15) is 16.1 Å². The molecular formula is C19H20N6O3. The van der Waals surface area contributed by atoms with Gasteiger partial charge in [-0.3, -0.25) is 14.5 Å². The quantitative estimate of drug-likeness (QED) is 0.694. The van der Waals surface area contributed by atoms with Gasteiger partial charge >= 0.3 is 0 Å². The van der Waals surface area contributed by atoms with Gasteiger partial charge in [-0.05, 0) is 23.8 Å². The average Bonchev–Trinajstić information content (AvgIpc) is 3.06. The van der Waals surface area contributed by atoms with Crippen molar-refractivity contribution in [1.82, 2.24) is 24.9 Å². The minimum absolute atomic E-state index is 0.0412. The van der Waals surface area contributed by atoms with Crippen LogP contribution in [0.15, 0.2) is 42.9 Å². The van der Waals surface area contributed by atoms with Gasteiger partial charge in [-0.1, -0.05) is 11.3 Å². The van der Waals surface area contributed by atoms with Crippen LogP contribution in [0.2, 0.25) is 0 Å². The Balaban J connectivity index is 1.63. The van der Waals surface area contributed by atoms with Gasteiger partial charge in [0, 0.05) is 36.6 Å². The Morgan fingerprint density at radius 2 is 2.21 bits per heavy atom. The summed E-state index contributed by atoms with van der Waals surface area (Å²) >= 11 is 0. The number of nitrogens with two attached hydrogens (primary N) is 1. The summed E-state index contributed by atoms with van der Waals surface area (Å²) in [6, 6.07) is 7.29. The van der Waals surface area contributed by atoms with Crippen LogP contribution >= 0.6 is 0 Å². The molecule has 9 nitrogen and oxygen atoms in total. The summed E-state index contributed by atoms with van der Waals surface area (Å²) in [6.07, 6.45) is 5.00. The molecule has 1 aliphatic rings. The molecule has 144 valence electrons. The largest absolute Gasteiger partial charge is 0.504 e. The molecule has 0 spiro atoms. The lowest BCUT2D eigenvalue weighted by Gasteiger charge is -2.18. The number of benzene rings is 1. The molecule has 0 radical (unpaired) electrons. The first kappa shape index (κ1) is 17.9. The summed E-state index contributed by atoms with van der Waals surface area (Å²) in [5.74, 6) is 0.195. The number of amides is 1. The lowest BCUT2D eigenvalue weighted by molar-refractivity contribution is 0.0727. The van der Waals surface area contributed by atoms with Gasteiger partial charge in [0.15, 0.2) is 17.2 Å². The van der Waals surface area contributed by atoms with E-state index in [1.807, 2.05) is 18.2 Å². The Bertz CT molecular complexity index is 989. The highest BCUT2D eigenvalue weighted by Gasteiger charge is 2.25. The molecule has 3 heterocycles. The monoisotopic (exact) mass is 380 g/mol. The number of fused-ring (bicyclic) bond motifs is 1. The third-order valence-electron chi connectivity index (χ3n) is 4.51. The second kappa shape index (κ2) is 7.65. The van der Waals surface area contributed by atoms with Crippen LogP contribution in [0.4, 0.5) is 0 Å². The van der Waals surface area contributed by atoms with Gasteiger partial charge in [-0.15, -0.1) is 5.10 Å². The van der Waals surface area contributed by atoms with Crippen LogP contribution < -0.4 is 10.5 Å². The van der Waals surface area contributed by atoms with E-state index in [9.17, 15) is 9.90 Å². The Labute approximate surface area is 161 Å². The molecule has 0 saturated heterocycles. The van der Waals surface area contributed by atoms with Crippen molar-refractivity contribution in [3.63, 3.8) is 0 Å². The van der Waals surface area contributed by atoms with E-state index >= 15 is 0 Å².